The van der Waals surface area contributed by atoms with Gasteiger partial charge in [0.2, 0.25) is 0 Å². The lowest BCUT2D eigenvalue weighted by atomic mass is 10.0. The molecule has 0 saturated carbocycles. The van der Waals surface area contributed by atoms with Crippen molar-refractivity contribution >= 4 is 23.5 Å². The zero-order valence-corrected chi connectivity index (χ0v) is 17.9. The molecule has 0 saturated heterocycles. The van der Waals surface area contributed by atoms with Crippen molar-refractivity contribution in [3.63, 3.8) is 0 Å². The Hall–Kier alpha value is -3.16. The highest BCUT2D eigenvalue weighted by molar-refractivity contribution is 7.98. The molecule has 3 aromatic carbocycles. The highest BCUT2D eigenvalue weighted by atomic mass is 32.2. The molecule has 31 heavy (non-hydrogen) atoms. The normalized spacial score (nSPS) is 12.6. The number of nitrogens with one attached hydrogen (secondary N) is 1. The van der Waals surface area contributed by atoms with E-state index in [0.717, 1.165) is 4.90 Å². The highest BCUT2D eigenvalue weighted by Crippen LogP contribution is 2.29. The van der Waals surface area contributed by atoms with Crippen molar-refractivity contribution in [3.8, 4) is 11.5 Å². The third-order valence-electron chi connectivity index (χ3n) is 4.57. The summed E-state index contributed by atoms with van der Waals surface area (Å²) in [5.41, 5.74) is 1.25. The molecule has 1 amide bonds. The number of aliphatic hydroxyl groups excluding tert-OH is 1. The molecule has 6 nitrogen and oxygen atoms in total. The van der Waals surface area contributed by atoms with Gasteiger partial charge in [0.1, 0.15) is 17.6 Å². The summed E-state index contributed by atoms with van der Waals surface area (Å²) < 4.78 is 11.8. The monoisotopic (exact) mass is 439 g/mol. The number of rotatable bonds is 9. The Morgan fingerprint density at radius 3 is 2.29 bits per heavy atom. The second kappa shape index (κ2) is 11.3. The lowest BCUT2D eigenvalue weighted by Gasteiger charge is -2.28. The van der Waals surface area contributed by atoms with Crippen LogP contribution in [0.3, 0.4) is 0 Å². The number of amides is 1. The van der Waals surface area contributed by atoms with Gasteiger partial charge in [-0.1, -0.05) is 30.3 Å². The summed E-state index contributed by atoms with van der Waals surface area (Å²) in [5.74, 6) is 0.699. The number of phenolic OH excluding ortho intramolecular Hbond substituents is 1. The molecule has 3 aromatic rings. The summed E-state index contributed by atoms with van der Waals surface area (Å²) in [6.45, 7) is -0.146. The SMILES string of the molecule is CSc1ccc(NC(=O)O[C@@H](c2ccc(O)cc2)[C@H](CCO)Oc2ccccc2)cc1. The van der Waals surface area contributed by atoms with Gasteiger partial charge in [0.05, 0.1) is 0 Å². The first-order valence-electron chi connectivity index (χ1n) is 9.82. The van der Waals surface area contributed by atoms with Gasteiger partial charge in [0, 0.05) is 23.6 Å². The predicted molar refractivity (Wildman–Crippen MR) is 122 cm³/mol. The van der Waals surface area contributed by atoms with E-state index in [1.807, 2.05) is 36.6 Å². The van der Waals surface area contributed by atoms with Gasteiger partial charge < -0.3 is 19.7 Å². The lowest BCUT2D eigenvalue weighted by molar-refractivity contribution is 0.00907. The second-order valence-corrected chi connectivity index (χ2v) is 7.63. The van der Waals surface area contributed by atoms with Crippen LogP contribution >= 0.6 is 11.8 Å². The molecule has 0 aliphatic heterocycles. The summed E-state index contributed by atoms with van der Waals surface area (Å²) in [7, 11) is 0. The molecule has 0 heterocycles. The molecular formula is C24H25NO5S. The molecule has 0 aromatic heterocycles. The number of aromatic hydroxyl groups is 1. The first kappa shape index (κ1) is 22.5. The van der Waals surface area contributed by atoms with Crippen LogP contribution in [0.2, 0.25) is 0 Å². The van der Waals surface area contributed by atoms with Gasteiger partial charge in [-0.3, -0.25) is 5.32 Å². The Morgan fingerprint density at radius 2 is 1.68 bits per heavy atom. The minimum Gasteiger partial charge on any atom is -0.508 e. The van der Waals surface area contributed by atoms with Crippen LogP contribution in [0, 0.1) is 0 Å². The van der Waals surface area contributed by atoms with E-state index in [0.29, 0.717) is 17.0 Å². The zero-order chi connectivity index (χ0) is 22.1. The van der Waals surface area contributed by atoms with Gasteiger partial charge in [-0.15, -0.1) is 11.8 Å². The first-order valence-corrected chi connectivity index (χ1v) is 11.0. The Kier molecular flexibility index (Phi) is 8.20. The van der Waals surface area contributed by atoms with E-state index in [1.165, 1.54) is 12.1 Å². The van der Waals surface area contributed by atoms with Crippen LogP contribution in [0.15, 0.2) is 83.8 Å². The van der Waals surface area contributed by atoms with Gasteiger partial charge in [-0.05, 0) is 60.4 Å². The Labute approximate surface area is 185 Å². The van der Waals surface area contributed by atoms with Gasteiger partial charge in [0.25, 0.3) is 0 Å². The maximum Gasteiger partial charge on any atom is 0.412 e. The Morgan fingerprint density at radius 1 is 1.00 bits per heavy atom. The fraction of sp³-hybridized carbons (Fsp3) is 0.208. The third-order valence-corrected chi connectivity index (χ3v) is 5.32. The predicted octanol–water partition coefficient (Wildman–Crippen LogP) is 5.23. The summed E-state index contributed by atoms with van der Waals surface area (Å²) in [5, 5.41) is 22.0. The zero-order valence-electron chi connectivity index (χ0n) is 17.1. The quantitative estimate of drug-likeness (QED) is 0.396. The molecule has 0 spiro atoms. The maximum atomic E-state index is 12.7. The highest BCUT2D eigenvalue weighted by Gasteiger charge is 2.29. The number of ether oxygens (including phenoxy) is 2. The summed E-state index contributed by atoms with van der Waals surface area (Å²) >= 11 is 1.61. The van der Waals surface area contributed by atoms with Crippen molar-refractivity contribution in [2.75, 3.05) is 18.2 Å². The smallest absolute Gasteiger partial charge is 0.412 e. The summed E-state index contributed by atoms with van der Waals surface area (Å²) in [6.07, 6.45) is 0.137. The molecule has 0 radical (unpaired) electrons. The summed E-state index contributed by atoms with van der Waals surface area (Å²) in [6, 6.07) is 22.9. The number of carbonyl (C=O) groups is 1. The molecule has 3 rings (SSSR count). The number of para-hydroxylation sites is 1. The first-order chi connectivity index (χ1) is 15.1. The van der Waals surface area contributed by atoms with E-state index >= 15 is 0 Å². The average Bonchev–Trinajstić information content (AvgIpc) is 2.79. The molecule has 0 unspecified atom stereocenters. The Balaban J connectivity index is 1.81. The number of thioether (sulfide) groups is 1. The summed E-state index contributed by atoms with van der Waals surface area (Å²) in [4.78, 5) is 13.8. The van der Waals surface area contributed by atoms with Crippen molar-refractivity contribution < 1.29 is 24.5 Å². The molecule has 0 aliphatic carbocycles. The molecule has 3 N–H and O–H groups in total. The Bertz CT molecular complexity index is 948. The van der Waals surface area contributed by atoms with Crippen molar-refractivity contribution in [3.05, 3.63) is 84.4 Å². The molecular weight excluding hydrogens is 414 g/mol. The molecule has 0 bridgehead atoms. The number of carbonyl (C=O) groups excluding carboxylic acids is 1. The van der Waals surface area contributed by atoms with E-state index < -0.39 is 18.3 Å². The lowest BCUT2D eigenvalue weighted by Crippen LogP contribution is -2.31. The van der Waals surface area contributed by atoms with Crippen LogP contribution in [0.4, 0.5) is 10.5 Å². The van der Waals surface area contributed by atoms with Crippen LogP contribution in [-0.2, 0) is 4.74 Å². The van der Waals surface area contributed by atoms with Crippen LogP contribution in [0.25, 0.3) is 0 Å². The van der Waals surface area contributed by atoms with Crippen LogP contribution < -0.4 is 10.1 Å². The fourth-order valence-electron chi connectivity index (χ4n) is 3.03. The molecule has 162 valence electrons. The van der Waals surface area contributed by atoms with Crippen LogP contribution in [0.1, 0.15) is 18.1 Å². The van der Waals surface area contributed by atoms with Crippen molar-refractivity contribution in [1.82, 2.24) is 0 Å². The molecule has 0 aliphatic rings. The van der Waals surface area contributed by atoms with Crippen molar-refractivity contribution in [2.45, 2.75) is 23.5 Å². The molecule has 7 heteroatoms. The van der Waals surface area contributed by atoms with E-state index in [-0.39, 0.29) is 18.8 Å². The van der Waals surface area contributed by atoms with Crippen molar-refractivity contribution in [2.24, 2.45) is 0 Å². The number of hydrogen-bond donors (Lipinski definition) is 3. The van der Waals surface area contributed by atoms with Gasteiger partial charge in [0.15, 0.2) is 6.10 Å². The standard InChI is InChI=1S/C24H25NO5S/c1-31-21-13-9-18(10-14-21)25-24(28)30-23(17-7-11-19(27)12-8-17)22(15-16-26)29-20-5-3-2-4-6-20/h2-14,22-23,26-27H,15-16H2,1H3,(H,25,28)/t22-,23-/m0/s1. The van der Waals surface area contributed by atoms with Crippen LogP contribution in [0.5, 0.6) is 11.5 Å². The van der Waals surface area contributed by atoms with Crippen molar-refractivity contribution in [1.29, 1.82) is 0 Å². The number of aliphatic hydroxyl groups is 1. The van der Waals surface area contributed by atoms with Gasteiger partial charge in [-0.2, -0.15) is 0 Å². The van der Waals surface area contributed by atoms with E-state index in [2.05, 4.69) is 5.32 Å². The number of hydrogen-bond acceptors (Lipinski definition) is 6. The van der Waals surface area contributed by atoms with E-state index in [4.69, 9.17) is 9.47 Å². The van der Waals surface area contributed by atoms with E-state index in [1.54, 1.807) is 48.2 Å². The van der Waals surface area contributed by atoms with Gasteiger partial charge in [-0.25, -0.2) is 4.79 Å². The van der Waals surface area contributed by atoms with Crippen LogP contribution in [-0.4, -0.2) is 35.3 Å². The number of phenols is 1. The minimum absolute atomic E-state index is 0.100. The fourth-order valence-corrected chi connectivity index (χ4v) is 3.44. The van der Waals surface area contributed by atoms with E-state index in [9.17, 15) is 15.0 Å². The second-order valence-electron chi connectivity index (χ2n) is 6.75. The van der Waals surface area contributed by atoms with Gasteiger partial charge >= 0.3 is 6.09 Å². The topological polar surface area (TPSA) is 88.0 Å². The number of anilines is 1. The minimum atomic E-state index is -0.807. The molecule has 0 fully saturated rings. The number of benzene rings is 3. The average molecular weight is 440 g/mol. The maximum absolute atomic E-state index is 12.7. The largest absolute Gasteiger partial charge is 0.508 e. The third kappa shape index (κ3) is 6.67. The molecule has 2 atom stereocenters.